The van der Waals surface area contributed by atoms with Crippen LogP contribution < -0.4 is 4.31 Å². The topological polar surface area (TPSA) is 57.6 Å². The van der Waals surface area contributed by atoms with Crippen LogP contribution >= 0.6 is 11.3 Å². The number of hydrogen-bond acceptors (Lipinski definition) is 4. The minimum atomic E-state index is -3.61. The van der Waals surface area contributed by atoms with Crippen molar-refractivity contribution in [3.8, 4) is 0 Å². The summed E-state index contributed by atoms with van der Waals surface area (Å²) in [4.78, 5) is 0.893. The Labute approximate surface area is 129 Å². The van der Waals surface area contributed by atoms with Crippen LogP contribution in [0, 0.1) is 0 Å². The van der Waals surface area contributed by atoms with Crippen molar-refractivity contribution >= 4 is 27.0 Å². The zero-order valence-corrected chi connectivity index (χ0v) is 13.9. The van der Waals surface area contributed by atoms with E-state index < -0.39 is 10.0 Å². The molecule has 1 aromatic heterocycles. The van der Waals surface area contributed by atoms with Gasteiger partial charge in [0, 0.05) is 7.05 Å². The molecule has 21 heavy (non-hydrogen) atoms. The van der Waals surface area contributed by atoms with Gasteiger partial charge in [-0.2, -0.15) is 0 Å². The van der Waals surface area contributed by atoms with Crippen molar-refractivity contribution < 1.29 is 13.5 Å². The first-order valence-corrected chi connectivity index (χ1v) is 8.96. The Balaban J connectivity index is 2.37. The SMILES string of the molecule is CC(C)c1ccc(S(=O)(=O)N(C)c2ccsc2CO)cc1. The molecule has 1 aromatic carbocycles. The first kappa shape index (κ1) is 16.0. The van der Waals surface area contributed by atoms with Crippen LogP contribution in [-0.2, 0) is 16.6 Å². The monoisotopic (exact) mass is 325 g/mol. The van der Waals surface area contributed by atoms with Crippen LogP contribution in [0.2, 0.25) is 0 Å². The zero-order chi connectivity index (χ0) is 15.6. The highest BCUT2D eigenvalue weighted by Crippen LogP contribution is 2.30. The van der Waals surface area contributed by atoms with E-state index in [1.54, 1.807) is 23.6 Å². The fraction of sp³-hybridized carbons (Fsp3) is 0.333. The number of aliphatic hydroxyl groups excluding tert-OH is 1. The molecule has 114 valence electrons. The number of nitrogens with zero attached hydrogens (tertiary/aromatic N) is 1. The fourth-order valence-electron chi connectivity index (χ4n) is 2.05. The van der Waals surface area contributed by atoms with Crippen LogP contribution in [0.3, 0.4) is 0 Å². The van der Waals surface area contributed by atoms with Crippen LogP contribution in [0.25, 0.3) is 0 Å². The van der Waals surface area contributed by atoms with Gasteiger partial charge in [-0.3, -0.25) is 4.31 Å². The third kappa shape index (κ3) is 3.12. The summed E-state index contributed by atoms with van der Waals surface area (Å²) in [6.45, 7) is 3.96. The van der Waals surface area contributed by atoms with Crippen molar-refractivity contribution in [2.24, 2.45) is 0 Å². The second kappa shape index (κ2) is 6.17. The van der Waals surface area contributed by atoms with Gasteiger partial charge in [-0.05, 0) is 35.1 Å². The lowest BCUT2D eigenvalue weighted by Crippen LogP contribution is -2.26. The number of sulfonamides is 1. The van der Waals surface area contributed by atoms with Gasteiger partial charge in [-0.15, -0.1) is 11.3 Å². The van der Waals surface area contributed by atoms with Crippen LogP contribution in [-0.4, -0.2) is 20.6 Å². The van der Waals surface area contributed by atoms with Crippen molar-refractivity contribution in [3.63, 3.8) is 0 Å². The molecule has 1 heterocycles. The summed E-state index contributed by atoms with van der Waals surface area (Å²) in [5.41, 5.74) is 1.62. The smallest absolute Gasteiger partial charge is 0.264 e. The Morgan fingerprint density at radius 1 is 1.19 bits per heavy atom. The third-order valence-corrected chi connectivity index (χ3v) is 6.09. The standard InChI is InChI=1S/C15H19NO3S2/c1-11(2)12-4-6-13(7-5-12)21(18,19)16(3)14-8-9-20-15(14)10-17/h4-9,11,17H,10H2,1-3H3. The van der Waals surface area contributed by atoms with Crippen molar-refractivity contribution in [3.05, 3.63) is 46.2 Å². The summed E-state index contributed by atoms with van der Waals surface area (Å²) in [5, 5.41) is 11.1. The van der Waals surface area contributed by atoms with E-state index in [0.717, 1.165) is 5.56 Å². The molecule has 0 aliphatic carbocycles. The number of thiophene rings is 1. The fourth-order valence-corrected chi connectivity index (χ4v) is 4.09. The Morgan fingerprint density at radius 2 is 1.81 bits per heavy atom. The van der Waals surface area contributed by atoms with Gasteiger partial charge >= 0.3 is 0 Å². The average Bonchev–Trinajstić information content (AvgIpc) is 2.94. The zero-order valence-electron chi connectivity index (χ0n) is 12.3. The quantitative estimate of drug-likeness (QED) is 0.918. The Kier molecular flexibility index (Phi) is 4.70. The molecule has 0 unspecified atom stereocenters. The molecule has 4 nitrogen and oxygen atoms in total. The van der Waals surface area contributed by atoms with E-state index in [1.807, 2.05) is 12.1 Å². The number of rotatable bonds is 5. The van der Waals surface area contributed by atoms with E-state index >= 15 is 0 Å². The van der Waals surface area contributed by atoms with Crippen molar-refractivity contribution in [1.29, 1.82) is 0 Å². The summed E-state index contributed by atoms with van der Waals surface area (Å²) < 4.78 is 26.5. The number of benzene rings is 1. The molecule has 6 heteroatoms. The number of anilines is 1. The Bertz CT molecular complexity index is 703. The minimum absolute atomic E-state index is 0.168. The van der Waals surface area contributed by atoms with Gasteiger partial charge in [0.2, 0.25) is 0 Å². The van der Waals surface area contributed by atoms with Crippen LogP contribution in [0.4, 0.5) is 5.69 Å². The lowest BCUT2D eigenvalue weighted by atomic mass is 10.0. The maximum atomic E-state index is 12.6. The molecule has 0 bridgehead atoms. The Hall–Kier alpha value is -1.37. The van der Waals surface area contributed by atoms with Crippen molar-refractivity contribution in [2.75, 3.05) is 11.4 Å². The summed E-state index contributed by atoms with van der Waals surface area (Å²) in [5.74, 6) is 0.359. The largest absolute Gasteiger partial charge is 0.391 e. The summed E-state index contributed by atoms with van der Waals surface area (Å²) in [6, 6.07) is 8.65. The van der Waals surface area contributed by atoms with E-state index in [9.17, 15) is 13.5 Å². The van der Waals surface area contributed by atoms with Gasteiger partial charge < -0.3 is 5.11 Å². The first-order chi connectivity index (χ1) is 9.87. The second-order valence-electron chi connectivity index (χ2n) is 5.08. The van der Waals surface area contributed by atoms with Crippen molar-refractivity contribution in [1.82, 2.24) is 0 Å². The van der Waals surface area contributed by atoms with Crippen LogP contribution in [0.1, 0.15) is 30.2 Å². The van der Waals surface area contributed by atoms with Crippen LogP contribution in [0.5, 0.6) is 0 Å². The predicted molar refractivity (Wildman–Crippen MR) is 86.4 cm³/mol. The van der Waals surface area contributed by atoms with E-state index in [2.05, 4.69) is 13.8 Å². The molecule has 0 atom stereocenters. The minimum Gasteiger partial charge on any atom is -0.391 e. The van der Waals surface area contributed by atoms with Gasteiger partial charge in [-0.1, -0.05) is 26.0 Å². The average molecular weight is 325 g/mol. The lowest BCUT2D eigenvalue weighted by Gasteiger charge is -2.20. The molecule has 0 aliphatic rings. The number of aliphatic hydroxyl groups is 1. The van der Waals surface area contributed by atoms with E-state index in [-0.39, 0.29) is 11.5 Å². The highest BCUT2D eigenvalue weighted by atomic mass is 32.2. The molecule has 0 saturated carbocycles. The maximum Gasteiger partial charge on any atom is 0.264 e. The molecule has 0 saturated heterocycles. The summed E-state index contributed by atoms with van der Waals surface area (Å²) in [7, 11) is -2.10. The second-order valence-corrected chi connectivity index (χ2v) is 8.05. The number of hydrogen-bond donors (Lipinski definition) is 1. The molecule has 2 rings (SSSR count). The molecule has 0 amide bonds. The first-order valence-electron chi connectivity index (χ1n) is 6.64. The van der Waals surface area contributed by atoms with Gasteiger partial charge in [0.05, 0.1) is 22.1 Å². The molecule has 0 aliphatic heterocycles. The summed E-state index contributed by atoms with van der Waals surface area (Å²) in [6.07, 6.45) is 0. The van der Waals surface area contributed by atoms with Crippen LogP contribution in [0.15, 0.2) is 40.6 Å². The van der Waals surface area contributed by atoms with E-state index in [4.69, 9.17) is 0 Å². The van der Waals surface area contributed by atoms with Gasteiger partial charge in [0.25, 0.3) is 10.0 Å². The van der Waals surface area contributed by atoms with Gasteiger partial charge in [-0.25, -0.2) is 8.42 Å². The van der Waals surface area contributed by atoms with E-state index in [0.29, 0.717) is 16.5 Å². The van der Waals surface area contributed by atoms with Gasteiger partial charge in [0.1, 0.15) is 0 Å². The highest BCUT2D eigenvalue weighted by molar-refractivity contribution is 7.92. The molecule has 0 spiro atoms. The predicted octanol–water partition coefficient (Wildman–Crippen LogP) is 3.19. The molecule has 0 radical (unpaired) electrons. The molecule has 0 fully saturated rings. The third-order valence-electron chi connectivity index (χ3n) is 3.41. The van der Waals surface area contributed by atoms with Crippen molar-refractivity contribution in [2.45, 2.75) is 31.3 Å². The normalized spacial score (nSPS) is 11.9. The molecular weight excluding hydrogens is 306 g/mol. The highest BCUT2D eigenvalue weighted by Gasteiger charge is 2.23. The Morgan fingerprint density at radius 3 is 2.33 bits per heavy atom. The molecule has 2 aromatic rings. The van der Waals surface area contributed by atoms with E-state index in [1.165, 1.54) is 22.7 Å². The van der Waals surface area contributed by atoms with Gasteiger partial charge in [0.15, 0.2) is 0 Å². The maximum absolute atomic E-state index is 12.6. The molecule has 1 N–H and O–H groups in total. The summed E-state index contributed by atoms with van der Waals surface area (Å²) >= 11 is 1.34. The lowest BCUT2D eigenvalue weighted by molar-refractivity contribution is 0.286. The molecular formula is C15H19NO3S2.